The van der Waals surface area contributed by atoms with E-state index < -0.39 is 70.4 Å². The molecule has 0 aliphatic carbocycles. The average molecular weight is 1440 g/mol. The van der Waals surface area contributed by atoms with Crippen molar-refractivity contribution in [3.05, 3.63) is 119 Å². The van der Waals surface area contributed by atoms with Crippen molar-refractivity contribution in [3.8, 4) is 23.0 Å². The molecule has 4 rings (SSSR count). The minimum atomic E-state index is -1.82. The fraction of sp³-hybridized carbons (Fsp3) is 0.556. The molecular formula is C72H114N4O25. The van der Waals surface area contributed by atoms with Crippen LogP contribution in [0, 0.1) is 27.7 Å². The summed E-state index contributed by atoms with van der Waals surface area (Å²) in [6.07, 6.45) is -1.58. The number of carboxylic acid groups (broad SMARTS) is 4. The first-order chi connectivity index (χ1) is 46.6. The predicted octanol–water partition coefficient (Wildman–Crippen LogP) is 5.71. The number of para-hydroxylation sites is 4. The van der Waals surface area contributed by atoms with Crippen LogP contribution in [0.15, 0.2) is 97.1 Å². The van der Waals surface area contributed by atoms with Gasteiger partial charge in [0.25, 0.3) is 0 Å². The molecule has 0 aromatic heterocycles. The Morgan fingerprint density at radius 3 is 0.624 bits per heavy atom. The number of aliphatic hydroxyl groups is 4. The van der Waals surface area contributed by atoms with Gasteiger partial charge >= 0.3 is 47.8 Å². The third kappa shape index (κ3) is 51.3. The van der Waals surface area contributed by atoms with E-state index in [1.807, 2.05) is 180 Å². The molecule has 29 heteroatoms. The van der Waals surface area contributed by atoms with Crippen LogP contribution in [0.1, 0.15) is 131 Å². The third-order valence-corrected chi connectivity index (χ3v) is 13.3. The number of carboxylic acids is 4. The first-order valence-electron chi connectivity index (χ1n) is 32.6. The number of nitrogens with one attached hydrogen (secondary N) is 4. The number of hydrogen-bond donors (Lipinski definition) is 12. The Bertz CT molecular complexity index is 2630. The molecule has 4 aromatic carbocycles. The van der Waals surface area contributed by atoms with Crippen LogP contribution in [0.2, 0.25) is 0 Å². The van der Waals surface area contributed by atoms with Crippen molar-refractivity contribution >= 4 is 47.8 Å². The summed E-state index contributed by atoms with van der Waals surface area (Å²) >= 11 is 0. The monoisotopic (exact) mass is 1430 g/mol. The Morgan fingerprint density at radius 1 is 0.327 bits per heavy atom. The second-order valence-electron chi connectivity index (χ2n) is 25.1. The van der Waals surface area contributed by atoms with Crippen molar-refractivity contribution in [2.75, 3.05) is 79.0 Å². The van der Waals surface area contributed by atoms with Gasteiger partial charge in [0.05, 0.1) is 52.1 Å². The van der Waals surface area contributed by atoms with Gasteiger partial charge in [-0.2, -0.15) is 0 Å². The summed E-state index contributed by atoms with van der Waals surface area (Å²) in [5.74, 6) is -5.19. The molecule has 4 aromatic rings. The zero-order chi connectivity index (χ0) is 76.7. The lowest BCUT2D eigenvalue weighted by molar-refractivity contribution is -0.159. The Labute approximate surface area is 593 Å². The van der Waals surface area contributed by atoms with Gasteiger partial charge in [0.15, 0.2) is 0 Å². The lowest BCUT2D eigenvalue weighted by Gasteiger charge is -2.27. The number of aryl methyl sites for hydroxylation is 4. The van der Waals surface area contributed by atoms with Crippen molar-refractivity contribution in [2.24, 2.45) is 0 Å². The van der Waals surface area contributed by atoms with Gasteiger partial charge in [0.1, 0.15) is 73.8 Å². The number of carbonyl (C=O) groups is 8. The molecule has 572 valence electrons. The highest BCUT2D eigenvalue weighted by molar-refractivity contribution is 6.27. The molecular weight excluding hydrogens is 1320 g/mol. The van der Waals surface area contributed by atoms with Gasteiger partial charge in [-0.05, 0) is 157 Å². The maximum absolute atomic E-state index is 11.5. The standard InChI is InChI=1S/4C17H27NO4.2C2H2O4.H2O/c4*1-5-21-16(20)10-17(3,4)18-11-14(19)12-22-15-9-7-6-8-13(15)2;2*3-1(4)2(5)6;/h4*6-9,14,18-19H,5,10-12H2,1-4H3;2*(H,3,4)(H,5,6);1H2. The topological polar surface area (TPSA) is 452 Å². The maximum atomic E-state index is 11.5. The lowest BCUT2D eigenvalue weighted by atomic mass is 10.0. The second-order valence-corrected chi connectivity index (χ2v) is 25.1. The Balaban J connectivity index is -0.00000119. The number of β-amino-alcohol motifs (C(OH)–C–C–N with tert-alkyl or cyclic N) is 4. The van der Waals surface area contributed by atoms with Crippen LogP contribution in [0.4, 0.5) is 0 Å². The van der Waals surface area contributed by atoms with Gasteiger partial charge in [-0.15, -0.1) is 0 Å². The summed E-state index contributed by atoms with van der Waals surface area (Å²) in [6, 6.07) is 30.7. The number of carbonyl (C=O) groups excluding carboxylic acids is 4. The lowest BCUT2D eigenvalue weighted by Crippen LogP contribution is -2.46. The van der Waals surface area contributed by atoms with E-state index >= 15 is 0 Å². The fourth-order valence-corrected chi connectivity index (χ4v) is 7.97. The largest absolute Gasteiger partial charge is 0.491 e. The average Bonchev–Trinajstić information content (AvgIpc) is 0.925. The van der Waals surface area contributed by atoms with E-state index in [-0.39, 0.29) is 81.5 Å². The van der Waals surface area contributed by atoms with Crippen molar-refractivity contribution in [3.63, 3.8) is 0 Å². The highest BCUT2D eigenvalue weighted by Crippen LogP contribution is 2.21. The SMILES string of the molecule is CCOC(=O)CC(C)(C)NCC(O)COc1ccccc1C.CCOC(=O)CC(C)(C)NCC(O)COc1ccccc1C.CCOC(=O)CC(C)(C)NCC(O)COc1ccccc1C.CCOC(=O)CC(C)(C)NCC(O)COc1ccccc1C.O.O=C(O)C(=O)O.O=C(O)C(=O)O. The molecule has 0 heterocycles. The zero-order valence-corrected chi connectivity index (χ0v) is 61.5. The molecule has 0 saturated heterocycles. The summed E-state index contributed by atoms with van der Waals surface area (Å²) in [7, 11) is 0. The smallest absolute Gasteiger partial charge is 0.414 e. The Morgan fingerprint density at radius 2 is 0.485 bits per heavy atom. The Kier molecular flexibility index (Phi) is 50.2. The van der Waals surface area contributed by atoms with Crippen molar-refractivity contribution < 1.29 is 123 Å². The summed E-state index contributed by atoms with van der Waals surface area (Å²) < 4.78 is 42.2. The van der Waals surface area contributed by atoms with Crippen LogP contribution >= 0.6 is 0 Å². The zero-order valence-electron chi connectivity index (χ0n) is 61.5. The first kappa shape index (κ1) is 96.7. The molecule has 101 heavy (non-hydrogen) atoms. The fourth-order valence-electron chi connectivity index (χ4n) is 7.97. The number of aliphatic carboxylic acids is 4. The van der Waals surface area contributed by atoms with Crippen LogP contribution in [0.25, 0.3) is 0 Å². The molecule has 0 aliphatic rings. The van der Waals surface area contributed by atoms with Crippen LogP contribution in [-0.4, -0.2) is 220 Å². The third-order valence-electron chi connectivity index (χ3n) is 13.3. The molecule has 4 atom stereocenters. The summed E-state index contributed by atoms with van der Waals surface area (Å²) in [4.78, 5) is 82.4. The summed E-state index contributed by atoms with van der Waals surface area (Å²) in [6.45, 7) is 33.9. The van der Waals surface area contributed by atoms with E-state index in [9.17, 15) is 39.6 Å². The molecule has 14 N–H and O–H groups in total. The van der Waals surface area contributed by atoms with Gasteiger partial charge in [-0.25, -0.2) is 19.2 Å². The maximum Gasteiger partial charge on any atom is 0.414 e. The molecule has 0 bridgehead atoms. The van der Waals surface area contributed by atoms with E-state index in [1.165, 1.54) is 0 Å². The number of rotatable bonds is 36. The molecule has 0 spiro atoms. The molecule has 0 aliphatic heterocycles. The number of hydrogen-bond acceptors (Lipinski definition) is 24. The molecule has 4 unspecified atom stereocenters. The number of aliphatic hydroxyl groups excluding tert-OH is 4. The van der Waals surface area contributed by atoms with Gasteiger partial charge in [-0.3, -0.25) is 19.2 Å². The minimum Gasteiger partial charge on any atom is -0.491 e. The van der Waals surface area contributed by atoms with Gasteiger partial charge in [0, 0.05) is 48.3 Å². The Hall–Kier alpha value is -8.52. The summed E-state index contributed by atoms with van der Waals surface area (Å²) in [5.41, 5.74) is 2.39. The first-order valence-corrected chi connectivity index (χ1v) is 32.6. The molecule has 0 amide bonds. The van der Waals surface area contributed by atoms with Crippen LogP contribution < -0.4 is 40.2 Å². The quantitative estimate of drug-likeness (QED) is 0.0147. The normalized spacial score (nSPS) is 12.0. The predicted molar refractivity (Wildman–Crippen MR) is 378 cm³/mol. The number of esters is 4. The number of ether oxygens (including phenoxy) is 8. The van der Waals surface area contributed by atoms with Crippen LogP contribution in [-0.2, 0) is 57.3 Å². The van der Waals surface area contributed by atoms with Crippen molar-refractivity contribution in [1.82, 2.24) is 21.3 Å². The minimum absolute atomic E-state index is 0. The van der Waals surface area contributed by atoms with E-state index in [0.29, 0.717) is 52.6 Å². The van der Waals surface area contributed by atoms with E-state index in [2.05, 4.69) is 21.3 Å². The molecule has 29 nitrogen and oxygen atoms in total. The second kappa shape index (κ2) is 52.5. The van der Waals surface area contributed by atoms with Crippen molar-refractivity contribution in [1.29, 1.82) is 0 Å². The van der Waals surface area contributed by atoms with Gasteiger partial charge < -0.3 is 105 Å². The van der Waals surface area contributed by atoms with Crippen LogP contribution in [0.5, 0.6) is 23.0 Å². The highest BCUT2D eigenvalue weighted by Gasteiger charge is 2.27. The van der Waals surface area contributed by atoms with E-state index in [0.717, 1.165) is 45.3 Å². The van der Waals surface area contributed by atoms with Crippen LogP contribution in [0.3, 0.4) is 0 Å². The van der Waals surface area contributed by atoms with Crippen molar-refractivity contribution in [2.45, 2.75) is 183 Å². The highest BCUT2D eigenvalue weighted by atomic mass is 16.5. The number of benzene rings is 4. The molecule has 0 fully saturated rings. The molecule has 0 saturated carbocycles. The van der Waals surface area contributed by atoms with Gasteiger partial charge in [0.2, 0.25) is 0 Å². The summed E-state index contributed by atoms with van der Waals surface area (Å²) in [5, 5.41) is 82.2. The van der Waals surface area contributed by atoms with E-state index in [4.69, 9.17) is 77.5 Å². The molecule has 0 radical (unpaired) electrons. The van der Waals surface area contributed by atoms with Gasteiger partial charge in [-0.1, -0.05) is 72.8 Å². The van der Waals surface area contributed by atoms with E-state index in [1.54, 1.807) is 27.7 Å².